The van der Waals surface area contributed by atoms with Gasteiger partial charge in [-0.3, -0.25) is 0 Å². The maximum Gasteiger partial charge on any atom is 0.128 e. The van der Waals surface area contributed by atoms with Crippen molar-refractivity contribution in [1.82, 2.24) is 15.3 Å². The predicted molar refractivity (Wildman–Crippen MR) is 85.2 cm³/mol. The van der Waals surface area contributed by atoms with Gasteiger partial charge >= 0.3 is 0 Å². The van der Waals surface area contributed by atoms with Gasteiger partial charge in [-0.1, -0.05) is 22.9 Å². The lowest BCUT2D eigenvalue weighted by Gasteiger charge is -2.11. The van der Waals surface area contributed by atoms with Crippen LogP contribution >= 0.6 is 15.9 Å². The summed E-state index contributed by atoms with van der Waals surface area (Å²) in [4.78, 5) is 7.94. The Kier molecular flexibility index (Phi) is 5.20. The molecule has 2 aromatic rings. The first-order valence-corrected chi connectivity index (χ1v) is 7.52. The molecule has 108 valence electrons. The summed E-state index contributed by atoms with van der Waals surface area (Å²) in [6.45, 7) is 3.09. The number of nitrogens with one attached hydrogen (secondary N) is 2. The molecule has 0 fully saturated rings. The van der Waals surface area contributed by atoms with Gasteiger partial charge < -0.3 is 15.0 Å². The molecule has 20 heavy (non-hydrogen) atoms. The van der Waals surface area contributed by atoms with Gasteiger partial charge in [0.25, 0.3) is 0 Å². The molecule has 0 saturated heterocycles. The summed E-state index contributed by atoms with van der Waals surface area (Å²) < 4.78 is 6.44. The molecule has 0 radical (unpaired) electrons. The van der Waals surface area contributed by atoms with E-state index in [1.165, 1.54) is 0 Å². The molecule has 0 saturated carbocycles. The molecule has 1 aromatic heterocycles. The molecule has 1 atom stereocenters. The van der Waals surface area contributed by atoms with Crippen molar-refractivity contribution in [3.8, 4) is 17.0 Å². The Morgan fingerprint density at radius 1 is 1.45 bits per heavy atom. The first-order valence-electron chi connectivity index (χ1n) is 6.73. The Bertz CT molecular complexity index is 568. The summed E-state index contributed by atoms with van der Waals surface area (Å²) in [7, 11) is 3.64. The van der Waals surface area contributed by atoms with Crippen LogP contribution in [0.25, 0.3) is 11.3 Å². The van der Waals surface area contributed by atoms with Crippen LogP contribution < -0.4 is 10.1 Å². The van der Waals surface area contributed by atoms with Crippen LogP contribution in [-0.4, -0.2) is 30.7 Å². The molecular weight excluding hydrogens is 318 g/mol. The van der Waals surface area contributed by atoms with Gasteiger partial charge in [-0.2, -0.15) is 0 Å². The average molecular weight is 338 g/mol. The van der Waals surface area contributed by atoms with E-state index in [9.17, 15) is 0 Å². The summed E-state index contributed by atoms with van der Waals surface area (Å²) in [6.07, 6.45) is 2.92. The Labute approximate surface area is 128 Å². The highest BCUT2D eigenvalue weighted by Crippen LogP contribution is 2.32. The lowest BCUT2D eigenvalue weighted by molar-refractivity contribution is 0.416. The van der Waals surface area contributed by atoms with E-state index in [1.54, 1.807) is 7.11 Å². The molecule has 0 aliphatic rings. The van der Waals surface area contributed by atoms with Gasteiger partial charge in [0.2, 0.25) is 0 Å². The van der Waals surface area contributed by atoms with Gasteiger partial charge in [0.1, 0.15) is 11.6 Å². The number of hydrogen-bond acceptors (Lipinski definition) is 3. The van der Waals surface area contributed by atoms with E-state index in [4.69, 9.17) is 4.74 Å². The lowest BCUT2D eigenvalue weighted by Crippen LogP contribution is -2.17. The second-order valence-electron chi connectivity index (χ2n) is 4.69. The number of benzene rings is 1. The van der Waals surface area contributed by atoms with Crippen LogP contribution in [0.1, 0.15) is 25.1 Å². The fraction of sp³-hybridized carbons (Fsp3) is 0.400. The van der Waals surface area contributed by atoms with Crippen molar-refractivity contribution >= 4 is 15.9 Å². The summed E-state index contributed by atoms with van der Waals surface area (Å²) in [5.41, 5.74) is 1.99. The smallest absolute Gasteiger partial charge is 0.128 e. The fourth-order valence-corrected chi connectivity index (χ4v) is 2.61. The number of rotatable bonds is 6. The topological polar surface area (TPSA) is 49.9 Å². The number of imidazole rings is 1. The summed E-state index contributed by atoms with van der Waals surface area (Å²) in [5.74, 6) is 2.25. The van der Waals surface area contributed by atoms with E-state index in [-0.39, 0.29) is 0 Å². The van der Waals surface area contributed by atoms with Crippen LogP contribution in [0.15, 0.2) is 28.9 Å². The summed E-state index contributed by atoms with van der Waals surface area (Å²) >= 11 is 3.50. The number of methoxy groups -OCH3 is 1. The molecule has 0 bridgehead atoms. The Balaban J connectivity index is 2.35. The third-order valence-electron chi connectivity index (χ3n) is 3.38. The van der Waals surface area contributed by atoms with E-state index >= 15 is 0 Å². The molecule has 1 unspecified atom stereocenters. The largest absolute Gasteiger partial charge is 0.496 e. The Morgan fingerprint density at radius 2 is 2.25 bits per heavy atom. The van der Waals surface area contributed by atoms with Crippen molar-refractivity contribution in [1.29, 1.82) is 0 Å². The number of aromatic nitrogens is 2. The first-order chi connectivity index (χ1) is 9.69. The van der Waals surface area contributed by atoms with Gasteiger partial charge in [-0.05, 0) is 31.7 Å². The number of nitrogens with zero attached hydrogens (tertiary/aromatic N) is 1. The fourth-order valence-electron chi connectivity index (χ4n) is 2.25. The zero-order valence-electron chi connectivity index (χ0n) is 12.0. The third-order valence-corrected chi connectivity index (χ3v) is 3.87. The SMILES string of the molecule is CCC(CNC)c1ncc(-c2cc(Br)ccc2OC)[nH]1. The number of aromatic amines is 1. The standard InChI is InChI=1S/C15H20BrN3O/c1-4-10(8-17-2)15-18-9-13(19-15)12-7-11(16)5-6-14(12)20-3/h5-7,9-10,17H,4,8H2,1-3H3,(H,18,19). The van der Waals surface area contributed by atoms with Crippen molar-refractivity contribution < 1.29 is 4.74 Å². The molecule has 1 aromatic carbocycles. The molecular formula is C15H20BrN3O. The number of H-pyrrole nitrogens is 1. The molecule has 5 heteroatoms. The zero-order valence-corrected chi connectivity index (χ0v) is 13.6. The van der Waals surface area contributed by atoms with Crippen LogP contribution in [0, 0.1) is 0 Å². The molecule has 2 rings (SSSR count). The monoisotopic (exact) mass is 337 g/mol. The van der Waals surface area contributed by atoms with Crippen LogP contribution in [0.5, 0.6) is 5.75 Å². The van der Waals surface area contributed by atoms with E-state index in [1.807, 2.05) is 31.4 Å². The molecule has 0 spiro atoms. The van der Waals surface area contributed by atoms with Crippen LogP contribution in [-0.2, 0) is 0 Å². The molecule has 0 aliphatic carbocycles. The molecule has 1 heterocycles. The van der Waals surface area contributed by atoms with Gasteiger partial charge in [-0.15, -0.1) is 0 Å². The van der Waals surface area contributed by atoms with Crippen LogP contribution in [0.2, 0.25) is 0 Å². The first kappa shape index (κ1) is 15.1. The maximum absolute atomic E-state index is 5.42. The summed E-state index contributed by atoms with van der Waals surface area (Å²) in [6, 6.07) is 5.95. The van der Waals surface area contributed by atoms with Gasteiger partial charge in [0, 0.05) is 22.5 Å². The van der Waals surface area contributed by atoms with Gasteiger partial charge in [-0.25, -0.2) is 4.98 Å². The molecule has 2 N–H and O–H groups in total. The van der Waals surface area contributed by atoms with Crippen molar-refractivity contribution in [2.24, 2.45) is 0 Å². The zero-order chi connectivity index (χ0) is 14.5. The number of likely N-dealkylation sites (N-methyl/N-ethyl adjacent to an activating group) is 1. The quantitative estimate of drug-likeness (QED) is 0.847. The second-order valence-corrected chi connectivity index (χ2v) is 5.61. The maximum atomic E-state index is 5.42. The highest BCUT2D eigenvalue weighted by Gasteiger charge is 2.15. The lowest BCUT2D eigenvalue weighted by atomic mass is 10.1. The van der Waals surface area contributed by atoms with Gasteiger partial charge in [0.05, 0.1) is 19.0 Å². The van der Waals surface area contributed by atoms with Crippen molar-refractivity contribution in [3.05, 3.63) is 34.7 Å². The van der Waals surface area contributed by atoms with Crippen molar-refractivity contribution in [2.45, 2.75) is 19.3 Å². The van der Waals surface area contributed by atoms with E-state index in [2.05, 4.69) is 38.1 Å². The second kappa shape index (κ2) is 6.90. The highest BCUT2D eigenvalue weighted by molar-refractivity contribution is 9.10. The Hall–Kier alpha value is -1.33. The van der Waals surface area contributed by atoms with E-state index < -0.39 is 0 Å². The van der Waals surface area contributed by atoms with Crippen LogP contribution in [0.4, 0.5) is 0 Å². The van der Waals surface area contributed by atoms with Crippen molar-refractivity contribution in [3.63, 3.8) is 0 Å². The minimum absolute atomic E-state index is 0.395. The highest BCUT2D eigenvalue weighted by atomic mass is 79.9. The third kappa shape index (κ3) is 3.22. The summed E-state index contributed by atoms with van der Waals surface area (Å²) in [5, 5.41) is 3.21. The minimum Gasteiger partial charge on any atom is -0.496 e. The predicted octanol–water partition coefficient (Wildman–Crippen LogP) is 3.56. The molecule has 0 amide bonds. The Morgan fingerprint density at radius 3 is 2.90 bits per heavy atom. The van der Waals surface area contributed by atoms with Crippen LogP contribution in [0.3, 0.4) is 0 Å². The molecule has 4 nitrogen and oxygen atoms in total. The van der Waals surface area contributed by atoms with Crippen molar-refractivity contribution in [2.75, 3.05) is 20.7 Å². The van der Waals surface area contributed by atoms with E-state index in [0.29, 0.717) is 5.92 Å². The normalized spacial score (nSPS) is 12.4. The number of hydrogen-bond donors (Lipinski definition) is 2. The van der Waals surface area contributed by atoms with E-state index in [0.717, 1.165) is 40.3 Å². The van der Waals surface area contributed by atoms with Gasteiger partial charge in [0.15, 0.2) is 0 Å². The average Bonchev–Trinajstić information content (AvgIpc) is 2.94. The minimum atomic E-state index is 0.395. The number of ether oxygens (including phenoxy) is 1. The molecule has 0 aliphatic heterocycles. The number of halogens is 1.